The van der Waals surface area contributed by atoms with E-state index in [9.17, 15) is 4.79 Å². The predicted octanol–water partition coefficient (Wildman–Crippen LogP) is 3.59. The molecule has 6 heteroatoms. The number of para-hydroxylation sites is 1. The van der Waals surface area contributed by atoms with Gasteiger partial charge in [0.15, 0.2) is 0 Å². The van der Waals surface area contributed by atoms with Gasteiger partial charge in [-0.3, -0.25) is 0 Å². The fraction of sp³-hybridized carbons (Fsp3) is 0.0769. The van der Waals surface area contributed by atoms with Gasteiger partial charge in [-0.1, -0.05) is 35.5 Å². The smallest absolute Gasteiger partial charge is 0.337 e. The van der Waals surface area contributed by atoms with Gasteiger partial charge in [0.2, 0.25) is 0 Å². The Morgan fingerprint density at radius 1 is 1.42 bits per heavy atom. The summed E-state index contributed by atoms with van der Waals surface area (Å²) >= 11 is 7.10. The van der Waals surface area contributed by atoms with Crippen LogP contribution in [0.3, 0.4) is 0 Å². The summed E-state index contributed by atoms with van der Waals surface area (Å²) in [5.41, 5.74) is 0.0362. The topological polar surface area (TPSA) is 59.4 Å². The molecule has 4 nitrogen and oxygen atoms in total. The maximum absolute atomic E-state index is 11.0. The minimum atomic E-state index is -1.07. The molecule has 0 unspecified atom stereocenters. The van der Waals surface area contributed by atoms with Gasteiger partial charge in [-0.15, -0.1) is 0 Å². The van der Waals surface area contributed by atoms with Crippen molar-refractivity contribution < 1.29 is 14.6 Å². The van der Waals surface area contributed by atoms with Gasteiger partial charge in [-0.05, 0) is 18.2 Å². The molecule has 2 rings (SSSR count). The summed E-state index contributed by atoms with van der Waals surface area (Å²) in [6, 6.07) is 8.89. The number of carboxylic acid groups (broad SMARTS) is 1. The third-order valence-electron chi connectivity index (χ3n) is 2.34. The summed E-state index contributed by atoms with van der Waals surface area (Å²) < 4.78 is 5.23. The van der Waals surface area contributed by atoms with Crippen LogP contribution in [0.15, 0.2) is 46.5 Å². The van der Waals surface area contributed by atoms with Gasteiger partial charge in [-0.2, -0.15) is 0 Å². The van der Waals surface area contributed by atoms with E-state index in [1.54, 1.807) is 7.11 Å². The number of halogens is 1. The van der Waals surface area contributed by atoms with Gasteiger partial charge in [-0.25, -0.2) is 9.78 Å². The van der Waals surface area contributed by atoms with Crippen molar-refractivity contribution >= 4 is 29.3 Å². The van der Waals surface area contributed by atoms with Crippen LogP contribution >= 0.6 is 23.4 Å². The van der Waals surface area contributed by atoms with Crippen molar-refractivity contribution in [2.75, 3.05) is 7.11 Å². The molecule has 1 aromatic heterocycles. The number of aromatic nitrogens is 1. The van der Waals surface area contributed by atoms with Gasteiger partial charge >= 0.3 is 5.97 Å². The molecule has 1 heterocycles. The average Bonchev–Trinajstić information content (AvgIpc) is 2.41. The van der Waals surface area contributed by atoms with E-state index in [2.05, 4.69) is 4.98 Å². The Morgan fingerprint density at radius 3 is 2.84 bits per heavy atom. The molecule has 0 spiro atoms. The molecule has 98 valence electrons. The van der Waals surface area contributed by atoms with Gasteiger partial charge in [0.05, 0.1) is 22.6 Å². The van der Waals surface area contributed by atoms with Crippen LogP contribution < -0.4 is 4.74 Å². The molecule has 0 radical (unpaired) electrons. The fourth-order valence-electron chi connectivity index (χ4n) is 1.46. The molecule has 1 N–H and O–H groups in total. The lowest BCUT2D eigenvalue weighted by atomic mass is 10.3. The molecular formula is C13H10ClNO3S. The van der Waals surface area contributed by atoms with E-state index in [-0.39, 0.29) is 10.6 Å². The zero-order valence-corrected chi connectivity index (χ0v) is 11.5. The molecule has 0 aliphatic carbocycles. The van der Waals surface area contributed by atoms with Crippen molar-refractivity contribution in [3.05, 3.63) is 47.1 Å². The van der Waals surface area contributed by atoms with E-state index >= 15 is 0 Å². The Hall–Kier alpha value is -1.72. The van der Waals surface area contributed by atoms with Crippen molar-refractivity contribution in [2.24, 2.45) is 0 Å². The SMILES string of the molecule is COc1ccccc1Sc1cc(C(=O)O)c(Cl)cn1. The maximum Gasteiger partial charge on any atom is 0.337 e. The Bertz CT molecular complexity index is 619. The number of aromatic carboxylic acids is 1. The van der Waals surface area contributed by atoms with E-state index in [0.29, 0.717) is 10.8 Å². The van der Waals surface area contributed by atoms with E-state index in [1.807, 2.05) is 24.3 Å². The van der Waals surface area contributed by atoms with Crippen molar-refractivity contribution in [1.29, 1.82) is 0 Å². The third-order valence-corrected chi connectivity index (χ3v) is 3.64. The average molecular weight is 296 g/mol. The highest BCUT2D eigenvalue weighted by atomic mass is 35.5. The predicted molar refractivity (Wildman–Crippen MR) is 73.3 cm³/mol. The third kappa shape index (κ3) is 3.19. The van der Waals surface area contributed by atoms with Gasteiger partial charge in [0.1, 0.15) is 10.8 Å². The summed E-state index contributed by atoms with van der Waals surface area (Å²) in [5, 5.41) is 9.68. The second kappa shape index (κ2) is 5.95. The molecule has 0 saturated heterocycles. The molecule has 0 bridgehead atoms. The number of carbonyl (C=O) groups is 1. The van der Waals surface area contributed by atoms with Crippen LogP contribution in [0.2, 0.25) is 5.02 Å². The van der Waals surface area contributed by atoms with Crippen LogP contribution in [0.1, 0.15) is 10.4 Å². The molecule has 1 aromatic carbocycles. The molecule has 0 amide bonds. The Morgan fingerprint density at radius 2 is 2.16 bits per heavy atom. The highest BCUT2D eigenvalue weighted by Gasteiger charge is 2.12. The fourth-order valence-corrected chi connectivity index (χ4v) is 2.55. The first-order valence-corrected chi connectivity index (χ1v) is 6.51. The number of hydrogen-bond acceptors (Lipinski definition) is 4. The standard InChI is InChI=1S/C13H10ClNO3S/c1-18-10-4-2-3-5-11(10)19-12-6-8(13(16)17)9(14)7-15-12/h2-7H,1H3,(H,16,17). The summed E-state index contributed by atoms with van der Waals surface area (Å²) in [5.74, 6) is -0.365. The molecule has 2 aromatic rings. The van der Waals surface area contributed by atoms with Crippen LogP contribution in [0.25, 0.3) is 0 Å². The van der Waals surface area contributed by atoms with Crippen LogP contribution in [0, 0.1) is 0 Å². The number of methoxy groups -OCH3 is 1. The quantitative estimate of drug-likeness (QED) is 0.934. The number of carboxylic acids is 1. The second-order valence-electron chi connectivity index (χ2n) is 3.56. The van der Waals surface area contributed by atoms with Crippen molar-refractivity contribution in [2.45, 2.75) is 9.92 Å². The van der Waals surface area contributed by atoms with Crippen molar-refractivity contribution in [3.8, 4) is 5.75 Å². The number of rotatable bonds is 4. The summed E-state index contributed by atoms with van der Waals surface area (Å²) in [6.45, 7) is 0. The van der Waals surface area contributed by atoms with Crippen LogP contribution in [0.4, 0.5) is 0 Å². The minimum absolute atomic E-state index is 0.0362. The molecule has 0 atom stereocenters. The Kier molecular flexibility index (Phi) is 4.29. The molecule has 0 saturated carbocycles. The highest BCUT2D eigenvalue weighted by molar-refractivity contribution is 7.99. The Labute approximate surface area is 119 Å². The molecular weight excluding hydrogens is 286 g/mol. The summed E-state index contributed by atoms with van der Waals surface area (Å²) in [7, 11) is 1.58. The lowest BCUT2D eigenvalue weighted by molar-refractivity contribution is 0.0696. The number of hydrogen-bond donors (Lipinski definition) is 1. The zero-order chi connectivity index (χ0) is 13.8. The first-order chi connectivity index (χ1) is 9.11. The minimum Gasteiger partial charge on any atom is -0.496 e. The number of ether oxygens (including phenoxy) is 1. The maximum atomic E-state index is 11.0. The molecule has 0 aliphatic heterocycles. The first-order valence-electron chi connectivity index (χ1n) is 5.31. The molecule has 0 aliphatic rings. The number of nitrogens with zero attached hydrogens (tertiary/aromatic N) is 1. The number of benzene rings is 1. The molecule has 0 fully saturated rings. The molecule has 19 heavy (non-hydrogen) atoms. The first kappa shape index (κ1) is 13.7. The number of pyridine rings is 1. The Balaban J connectivity index is 2.33. The van der Waals surface area contributed by atoms with E-state index in [0.717, 1.165) is 4.90 Å². The monoisotopic (exact) mass is 295 g/mol. The summed E-state index contributed by atoms with van der Waals surface area (Å²) in [4.78, 5) is 16.0. The van der Waals surface area contributed by atoms with Gasteiger partial charge < -0.3 is 9.84 Å². The van der Waals surface area contributed by atoms with Crippen molar-refractivity contribution in [1.82, 2.24) is 4.98 Å². The zero-order valence-electron chi connectivity index (χ0n) is 9.96. The van der Waals surface area contributed by atoms with E-state index < -0.39 is 5.97 Å². The second-order valence-corrected chi connectivity index (χ2v) is 5.03. The van der Waals surface area contributed by atoms with Gasteiger partial charge in [0.25, 0.3) is 0 Å². The summed E-state index contributed by atoms with van der Waals surface area (Å²) in [6.07, 6.45) is 1.34. The normalized spacial score (nSPS) is 10.2. The van der Waals surface area contributed by atoms with E-state index in [4.69, 9.17) is 21.4 Å². The highest BCUT2D eigenvalue weighted by Crippen LogP contribution is 2.34. The van der Waals surface area contributed by atoms with Gasteiger partial charge in [0, 0.05) is 6.20 Å². The van der Waals surface area contributed by atoms with Crippen LogP contribution in [0.5, 0.6) is 5.75 Å². The largest absolute Gasteiger partial charge is 0.496 e. The van der Waals surface area contributed by atoms with Crippen LogP contribution in [-0.2, 0) is 0 Å². The lowest BCUT2D eigenvalue weighted by Gasteiger charge is -2.07. The van der Waals surface area contributed by atoms with Crippen LogP contribution in [-0.4, -0.2) is 23.2 Å². The van der Waals surface area contributed by atoms with E-state index in [1.165, 1.54) is 24.0 Å². The lowest BCUT2D eigenvalue weighted by Crippen LogP contribution is -1.98. The van der Waals surface area contributed by atoms with Crippen molar-refractivity contribution in [3.63, 3.8) is 0 Å².